The monoisotopic (exact) mass is 236 g/mol. The minimum absolute atomic E-state index is 0.424. The van der Waals surface area contributed by atoms with Gasteiger partial charge in [-0.05, 0) is 50.4 Å². The van der Waals surface area contributed by atoms with Crippen molar-refractivity contribution in [3.63, 3.8) is 0 Å². The lowest BCUT2D eigenvalue weighted by Gasteiger charge is -2.32. The minimum atomic E-state index is 0.424. The molecule has 0 aliphatic heterocycles. The van der Waals surface area contributed by atoms with Crippen molar-refractivity contribution >= 4 is 5.78 Å². The zero-order valence-electron chi connectivity index (χ0n) is 11.6. The molecule has 0 amide bonds. The SMILES string of the molecule is CC(C)C1CCC(C(=O)C2CCCCC2)CC1. The van der Waals surface area contributed by atoms with Crippen molar-refractivity contribution in [2.75, 3.05) is 0 Å². The molecule has 98 valence electrons. The van der Waals surface area contributed by atoms with Crippen LogP contribution in [0.2, 0.25) is 0 Å². The Morgan fingerprint density at radius 1 is 0.824 bits per heavy atom. The van der Waals surface area contributed by atoms with Gasteiger partial charge in [0.25, 0.3) is 0 Å². The molecule has 2 saturated carbocycles. The number of rotatable bonds is 3. The normalized spacial score (nSPS) is 31.7. The van der Waals surface area contributed by atoms with Gasteiger partial charge in [-0.15, -0.1) is 0 Å². The van der Waals surface area contributed by atoms with Crippen LogP contribution in [0.3, 0.4) is 0 Å². The van der Waals surface area contributed by atoms with Gasteiger partial charge in [0.15, 0.2) is 0 Å². The van der Waals surface area contributed by atoms with Crippen LogP contribution in [0.15, 0.2) is 0 Å². The Hall–Kier alpha value is -0.330. The highest BCUT2D eigenvalue weighted by molar-refractivity contribution is 5.83. The van der Waals surface area contributed by atoms with E-state index in [4.69, 9.17) is 0 Å². The molecular weight excluding hydrogens is 208 g/mol. The number of Topliss-reactive ketones (excluding diaryl/α,β-unsaturated/α-hetero) is 1. The van der Waals surface area contributed by atoms with Gasteiger partial charge in [-0.3, -0.25) is 4.79 Å². The van der Waals surface area contributed by atoms with Gasteiger partial charge in [0.05, 0.1) is 0 Å². The maximum absolute atomic E-state index is 12.4. The van der Waals surface area contributed by atoms with Crippen molar-refractivity contribution in [3.8, 4) is 0 Å². The highest BCUT2D eigenvalue weighted by Gasteiger charge is 2.31. The second-order valence-corrected chi connectivity index (χ2v) is 6.59. The summed E-state index contributed by atoms with van der Waals surface area (Å²) < 4.78 is 0. The van der Waals surface area contributed by atoms with Crippen molar-refractivity contribution in [1.29, 1.82) is 0 Å². The Bertz CT molecular complexity index is 242. The molecule has 0 radical (unpaired) electrons. The van der Waals surface area contributed by atoms with Crippen LogP contribution in [0.1, 0.15) is 71.6 Å². The van der Waals surface area contributed by atoms with Crippen LogP contribution in [-0.4, -0.2) is 5.78 Å². The fraction of sp³-hybridized carbons (Fsp3) is 0.938. The van der Waals surface area contributed by atoms with Crippen molar-refractivity contribution in [2.45, 2.75) is 71.6 Å². The minimum Gasteiger partial charge on any atom is -0.299 e. The third kappa shape index (κ3) is 3.33. The summed E-state index contributed by atoms with van der Waals surface area (Å²) in [6.07, 6.45) is 11.2. The van der Waals surface area contributed by atoms with Gasteiger partial charge in [0.1, 0.15) is 5.78 Å². The van der Waals surface area contributed by atoms with E-state index in [-0.39, 0.29) is 0 Å². The lowest BCUT2D eigenvalue weighted by atomic mass is 9.72. The van der Waals surface area contributed by atoms with E-state index in [1.165, 1.54) is 57.8 Å². The highest BCUT2D eigenvalue weighted by Crippen LogP contribution is 2.37. The molecule has 2 aliphatic carbocycles. The number of carbonyl (C=O) groups excluding carboxylic acids is 1. The van der Waals surface area contributed by atoms with Gasteiger partial charge in [-0.1, -0.05) is 33.1 Å². The molecule has 0 N–H and O–H groups in total. The quantitative estimate of drug-likeness (QED) is 0.700. The van der Waals surface area contributed by atoms with E-state index in [9.17, 15) is 4.79 Å². The van der Waals surface area contributed by atoms with Gasteiger partial charge in [0.2, 0.25) is 0 Å². The van der Waals surface area contributed by atoms with E-state index >= 15 is 0 Å². The number of hydrogen-bond acceptors (Lipinski definition) is 1. The largest absolute Gasteiger partial charge is 0.299 e. The molecule has 2 rings (SSSR count). The Morgan fingerprint density at radius 2 is 1.35 bits per heavy atom. The van der Waals surface area contributed by atoms with Crippen LogP contribution in [-0.2, 0) is 4.79 Å². The topological polar surface area (TPSA) is 17.1 Å². The first-order valence-electron chi connectivity index (χ1n) is 7.72. The van der Waals surface area contributed by atoms with Crippen LogP contribution in [0.5, 0.6) is 0 Å². The molecule has 2 aliphatic rings. The first-order valence-corrected chi connectivity index (χ1v) is 7.72. The van der Waals surface area contributed by atoms with E-state index in [1.54, 1.807) is 0 Å². The van der Waals surface area contributed by atoms with Crippen LogP contribution < -0.4 is 0 Å². The van der Waals surface area contributed by atoms with Gasteiger partial charge in [0, 0.05) is 11.8 Å². The summed E-state index contributed by atoms with van der Waals surface area (Å²) in [7, 11) is 0. The lowest BCUT2D eigenvalue weighted by molar-refractivity contribution is -0.129. The molecule has 0 atom stereocenters. The highest BCUT2D eigenvalue weighted by atomic mass is 16.1. The van der Waals surface area contributed by atoms with Crippen molar-refractivity contribution in [2.24, 2.45) is 23.7 Å². The summed E-state index contributed by atoms with van der Waals surface area (Å²) in [4.78, 5) is 12.4. The summed E-state index contributed by atoms with van der Waals surface area (Å²) in [5.74, 6) is 3.18. The predicted octanol–water partition coefficient (Wildman–Crippen LogP) is 4.60. The molecule has 0 aromatic heterocycles. The van der Waals surface area contributed by atoms with Gasteiger partial charge >= 0.3 is 0 Å². The molecule has 0 spiro atoms. The summed E-state index contributed by atoms with van der Waals surface area (Å²) in [6, 6.07) is 0. The second-order valence-electron chi connectivity index (χ2n) is 6.59. The van der Waals surface area contributed by atoms with Gasteiger partial charge in [-0.2, -0.15) is 0 Å². The molecular formula is C16H28O. The third-order valence-electron chi connectivity index (χ3n) is 5.12. The van der Waals surface area contributed by atoms with E-state index < -0.39 is 0 Å². The molecule has 0 aromatic rings. The van der Waals surface area contributed by atoms with E-state index in [0.717, 1.165) is 11.8 Å². The van der Waals surface area contributed by atoms with E-state index in [1.807, 2.05) is 0 Å². The van der Waals surface area contributed by atoms with Crippen molar-refractivity contribution in [1.82, 2.24) is 0 Å². The summed E-state index contributed by atoms with van der Waals surface area (Å²) in [6.45, 7) is 4.65. The molecule has 0 aromatic carbocycles. The van der Waals surface area contributed by atoms with Crippen LogP contribution in [0.25, 0.3) is 0 Å². The third-order valence-corrected chi connectivity index (χ3v) is 5.12. The standard InChI is InChI=1S/C16H28O/c1-12(2)13-8-10-15(11-9-13)16(17)14-6-4-3-5-7-14/h12-15H,3-11H2,1-2H3. The van der Waals surface area contributed by atoms with E-state index in [2.05, 4.69) is 13.8 Å². The van der Waals surface area contributed by atoms with Crippen LogP contribution >= 0.6 is 0 Å². The van der Waals surface area contributed by atoms with Crippen molar-refractivity contribution < 1.29 is 4.79 Å². The molecule has 1 heteroatoms. The van der Waals surface area contributed by atoms with Crippen molar-refractivity contribution in [3.05, 3.63) is 0 Å². The zero-order valence-corrected chi connectivity index (χ0v) is 11.6. The summed E-state index contributed by atoms with van der Waals surface area (Å²) in [5.41, 5.74) is 0. The summed E-state index contributed by atoms with van der Waals surface area (Å²) >= 11 is 0. The number of hydrogen-bond donors (Lipinski definition) is 0. The number of ketones is 1. The fourth-order valence-corrected chi connectivity index (χ4v) is 3.79. The van der Waals surface area contributed by atoms with Crippen LogP contribution in [0.4, 0.5) is 0 Å². The zero-order chi connectivity index (χ0) is 12.3. The molecule has 0 unspecified atom stereocenters. The van der Waals surface area contributed by atoms with Crippen LogP contribution in [0, 0.1) is 23.7 Å². The smallest absolute Gasteiger partial charge is 0.139 e. The Morgan fingerprint density at radius 3 is 1.88 bits per heavy atom. The lowest BCUT2D eigenvalue weighted by Crippen LogP contribution is -2.29. The van der Waals surface area contributed by atoms with Gasteiger partial charge in [-0.25, -0.2) is 0 Å². The Kier molecular flexibility index (Phi) is 4.64. The second kappa shape index (κ2) is 6.02. The maximum Gasteiger partial charge on any atom is 0.139 e. The molecule has 17 heavy (non-hydrogen) atoms. The first-order chi connectivity index (χ1) is 8.18. The molecule has 0 saturated heterocycles. The molecule has 1 nitrogen and oxygen atoms in total. The predicted molar refractivity (Wildman–Crippen MR) is 71.9 cm³/mol. The fourth-order valence-electron chi connectivity index (χ4n) is 3.79. The molecule has 2 fully saturated rings. The van der Waals surface area contributed by atoms with E-state index in [0.29, 0.717) is 17.6 Å². The Balaban J connectivity index is 1.81. The molecule has 0 heterocycles. The maximum atomic E-state index is 12.4. The Labute approximate surface area is 106 Å². The average molecular weight is 236 g/mol. The average Bonchev–Trinajstić information content (AvgIpc) is 2.39. The number of carbonyl (C=O) groups is 1. The van der Waals surface area contributed by atoms with Gasteiger partial charge < -0.3 is 0 Å². The first kappa shape index (κ1) is 13.1. The molecule has 0 bridgehead atoms. The summed E-state index contributed by atoms with van der Waals surface area (Å²) in [5, 5.41) is 0.